The first-order valence-corrected chi connectivity index (χ1v) is 7.63. The molecule has 1 aromatic carbocycles. The van der Waals surface area contributed by atoms with Gasteiger partial charge < -0.3 is 9.64 Å². The lowest BCUT2D eigenvalue weighted by Crippen LogP contribution is -2.42. The molecule has 2 aromatic rings. The normalized spacial score (nSPS) is 16.3. The van der Waals surface area contributed by atoms with Gasteiger partial charge in [-0.25, -0.2) is 4.68 Å². The van der Waals surface area contributed by atoms with E-state index in [0.29, 0.717) is 18.0 Å². The third-order valence-electron chi connectivity index (χ3n) is 3.72. The highest BCUT2D eigenvalue weighted by atomic mass is 16.5. The quantitative estimate of drug-likeness (QED) is 0.832. The van der Waals surface area contributed by atoms with E-state index in [-0.39, 0.29) is 30.2 Å². The molecule has 3 rings (SSSR count). The Balaban J connectivity index is 1.82. The Hall–Kier alpha value is -2.90. The standard InChI is InChI=1S/C16H19N5O3/c1-11-8-21(13-6-4-5-7-14(13)24-11)16(23)12-9-20(18-17-12)10-15(22)19(2)3/h4-7,9,11H,8,10H2,1-3H3. The summed E-state index contributed by atoms with van der Waals surface area (Å²) < 4.78 is 7.11. The van der Waals surface area contributed by atoms with Crippen LogP contribution in [-0.4, -0.2) is 58.5 Å². The molecule has 24 heavy (non-hydrogen) atoms. The molecule has 0 spiro atoms. The second kappa shape index (κ2) is 6.31. The topological polar surface area (TPSA) is 80.6 Å². The number of para-hydroxylation sites is 2. The summed E-state index contributed by atoms with van der Waals surface area (Å²) in [7, 11) is 3.33. The molecule has 1 atom stereocenters. The summed E-state index contributed by atoms with van der Waals surface area (Å²) in [4.78, 5) is 27.6. The van der Waals surface area contributed by atoms with Crippen molar-refractivity contribution < 1.29 is 14.3 Å². The van der Waals surface area contributed by atoms with Crippen LogP contribution in [0.25, 0.3) is 0 Å². The number of ether oxygens (including phenoxy) is 1. The van der Waals surface area contributed by atoms with E-state index in [9.17, 15) is 9.59 Å². The Morgan fingerprint density at radius 3 is 2.83 bits per heavy atom. The number of nitrogens with zero attached hydrogens (tertiary/aromatic N) is 5. The molecule has 0 fully saturated rings. The molecule has 1 unspecified atom stereocenters. The lowest BCUT2D eigenvalue weighted by Gasteiger charge is -2.32. The summed E-state index contributed by atoms with van der Waals surface area (Å²) in [5.41, 5.74) is 0.907. The highest BCUT2D eigenvalue weighted by molar-refractivity contribution is 6.05. The van der Waals surface area contributed by atoms with Crippen molar-refractivity contribution in [3.8, 4) is 5.75 Å². The Morgan fingerprint density at radius 1 is 1.33 bits per heavy atom. The van der Waals surface area contributed by atoms with E-state index in [1.165, 1.54) is 15.8 Å². The number of hydrogen-bond donors (Lipinski definition) is 0. The highest BCUT2D eigenvalue weighted by Gasteiger charge is 2.29. The molecule has 1 aliphatic heterocycles. The molecule has 8 heteroatoms. The molecule has 2 amide bonds. The van der Waals surface area contributed by atoms with Crippen LogP contribution in [0.3, 0.4) is 0 Å². The van der Waals surface area contributed by atoms with Crippen molar-refractivity contribution >= 4 is 17.5 Å². The molecule has 1 aromatic heterocycles. The lowest BCUT2D eigenvalue weighted by atomic mass is 10.2. The van der Waals surface area contributed by atoms with Crippen LogP contribution in [-0.2, 0) is 11.3 Å². The minimum atomic E-state index is -0.263. The Kier molecular flexibility index (Phi) is 4.20. The zero-order valence-electron chi connectivity index (χ0n) is 13.8. The first-order chi connectivity index (χ1) is 11.5. The SMILES string of the molecule is CC1CN(C(=O)c2cn(CC(=O)N(C)C)nn2)c2ccccc2O1. The van der Waals surface area contributed by atoms with Gasteiger partial charge in [0, 0.05) is 14.1 Å². The van der Waals surface area contributed by atoms with E-state index in [1.54, 1.807) is 19.0 Å². The van der Waals surface area contributed by atoms with Gasteiger partial charge in [0.05, 0.1) is 18.4 Å². The summed E-state index contributed by atoms with van der Waals surface area (Å²) in [5, 5.41) is 7.78. The van der Waals surface area contributed by atoms with Gasteiger partial charge in [0.25, 0.3) is 5.91 Å². The summed E-state index contributed by atoms with van der Waals surface area (Å²) in [6.45, 7) is 2.38. The number of hydrogen-bond acceptors (Lipinski definition) is 5. The Labute approximate surface area is 139 Å². The van der Waals surface area contributed by atoms with E-state index in [1.807, 2.05) is 31.2 Å². The van der Waals surface area contributed by atoms with Gasteiger partial charge in [-0.1, -0.05) is 17.3 Å². The highest BCUT2D eigenvalue weighted by Crippen LogP contribution is 2.33. The number of carbonyl (C=O) groups excluding carboxylic acids is 2. The molecule has 0 N–H and O–H groups in total. The van der Waals surface area contributed by atoms with E-state index < -0.39 is 0 Å². The fourth-order valence-electron chi connectivity index (χ4n) is 2.47. The van der Waals surface area contributed by atoms with Crippen molar-refractivity contribution in [2.75, 3.05) is 25.5 Å². The number of amides is 2. The van der Waals surface area contributed by atoms with Crippen LogP contribution in [0.5, 0.6) is 5.75 Å². The average molecular weight is 329 g/mol. The van der Waals surface area contributed by atoms with Crippen LogP contribution in [0, 0.1) is 0 Å². The molecule has 0 bridgehead atoms. The molecule has 8 nitrogen and oxygen atoms in total. The van der Waals surface area contributed by atoms with Crippen molar-refractivity contribution in [2.45, 2.75) is 19.6 Å². The van der Waals surface area contributed by atoms with Gasteiger partial charge in [-0.05, 0) is 19.1 Å². The number of benzene rings is 1. The Morgan fingerprint density at radius 2 is 2.08 bits per heavy atom. The molecular weight excluding hydrogens is 310 g/mol. The summed E-state index contributed by atoms with van der Waals surface area (Å²) in [6, 6.07) is 7.38. The van der Waals surface area contributed by atoms with Crippen molar-refractivity contribution in [3.63, 3.8) is 0 Å². The van der Waals surface area contributed by atoms with E-state index in [0.717, 1.165) is 0 Å². The monoisotopic (exact) mass is 329 g/mol. The molecule has 0 aliphatic carbocycles. The van der Waals surface area contributed by atoms with Gasteiger partial charge >= 0.3 is 0 Å². The van der Waals surface area contributed by atoms with Gasteiger partial charge in [0.1, 0.15) is 18.4 Å². The van der Waals surface area contributed by atoms with Crippen LogP contribution in [0.2, 0.25) is 0 Å². The van der Waals surface area contributed by atoms with Crippen LogP contribution in [0.15, 0.2) is 30.5 Å². The maximum Gasteiger partial charge on any atom is 0.280 e. The molecule has 126 valence electrons. The van der Waals surface area contributed by atoms with Crippen molar-refractivity contribution in [3.05, 3.63) is 36.2 Å². The first-order valence-electron chi connectivity index (χ1n) is 7.63. The summed E-state index contributed by atoms with van der Waals surface area (Å²) in [5.74, 6) is 0.283. The maximum atomic E-state index is 12.8. The van der Waals surface area contributed by atoms with E-state index in [2.05, 4.69) is 10.3 Å². The summed E-state index contributed by atoms with van der Waals surface area (Å²) in [6.07, 6.45) is 1.38. The predicted octanol–water partition coefficient (Wildman–Crippen LogP) is 0.794. The minimum absolute atomic E-state index is 0.0450. The van der Waals surface area contributed by atoms with Crippen molar-refractivity contribution in [2.24, 2.45) is 0 Å². The van der Waals surface area contributed by atoms with Gasteiger partial charge in [-0.15, -0.1) is 5.10 Å². The number of anilines is 1. The third-order valence-corrected chi connectivity index (χ3v) is 3.72. The van der Waals surface area contributed by atoms with Gasteiger partial charge in [-0.3, -0.25) is 14.5 Å². The number of fused-ring (bicyclic) bond motifs is 1. The third kappa shape index (κ3) is 3.08. The van der Waals surface area contributed by atoms with Crippen LogP contribution in [0.1, 0.15) is 17.4 Å². The molecule has 1 aliphatic rings. The summed E-state index contributed by atoms with van der Waals surface area (Å²) >= 11 is 0. The zero-order valence-corrected chi connectivity index (χ0v) is 13.8. The first kappa shape index (κ1) is 16.0. The second-order valence-corrected chi connectivity index (χ2v) is 5.90. The smallest absolute Gasteiger partial charge is 0.280 e. The second-order valence-electron chi connectivity index (χ2n) is 5.90. The van der Waals surface area contributed by atoms with Gasteiger partial charge in [0.15, 0.2) is 5.69 Å². The van der Waals surface area contributed by atoms with Crippen molar-refractivity contribution in [1.82, 2.24) is 19.9 Å². The van der Waals surface area contributed by atoms with Crippen LogP contribution in [0.4, 0.5) is 5.69 Å². The van der Waals surface area contributed by atoms with Crippen LogP contribution < -0.4 is 9.64 Å². The molecule has 0 saturated heterocycles. The molecular formula is C16H19N5O3. The Bertz CT molecular complexity index is 771. The van der Waals surface area contributed by atoms with Crippen LogP contribution >= 0.6 is 0 Å². The fraction of sp³-hybridized carbons (Fsp3) is 0.375. The zero-order chi connectivity index (χ0) is 17.3. The molecule has 0 radical (unpaired) electrons. The molecule has 2 heterocycles. The van der Waals surface area contributed by atoms with Crippen molar-refractivity contribution in [1.29, 1.82) is 0 Å². The number of aromatic nitrogens is 3. The van der Waals surface area contributed by atoms with Gasteiger partial charge in [-0.2, -0.15) is 0 Å². The maximum absolute atomic E-state index is 12.8. The largest absolute Gasteiger partial charge is 0.487 e. The molecule has 0 saturated carbocycles. The lowest BCUT2D eigenvalue weighted by molar-refractivity contribution is -0.129. The number of likely N-dealkylation sites (N-methyl/N-ethyl adjacent to an activating group) is 1. The predicted molar refractivity (Wildman–Crippen MR) is 86.9 cm³/mol. The average Bonchev–Trinajstić information content (AvgIpc) is 3.01. The number of carbonyl (C=O) groups is 2. The van der Waals surface area contributed by atoms with E-state index >= 15 is 0 Å². The fourth-order valence-corrected chi connectivity index (χ4v) is 2.47. The number of rotatable bonds is 3. The minimum Gasteiger partial charge on any atom is -0.487 e. The van der Waals surface area contributed by atoms with E-state index in [4.69, 9.17) is 4.74 Å². The van der Waals surface area contributed by atoms with Gasteiger partial charge in [0.2, 0.25) is 5.91 Å².